The van der Waals surface area contributed by atoms with Gasteiger partial charge in [-0.1, -0.05) is 6.08 Å². The van der Waals surface area contributed by atoms with Gasteiger partial charge in [-0.2, -0.15) is 0 Å². The molecule has 1 atom stereocenters. The van der Waals surface area contributed by atoms with Gasteiger partial charge >= 0.3 is 0 Å². The Hall–Kier alpha value is -0.730. The molecule has 1 aromatic heterocycles. The Morgan fingerprint density at radius 3 is 2.75 bits per heavy atom. The molecule has 0 saturated heterocycles. The van der Waals surface area contributed by atoms with Crippen LogP contribution in [-0.4, -0.2) is 0 Å². The van der Waals surface area contributed by atoms with Crippen molar-refractivity contribution in [3.8, 4) is 0 Å². The van der Waals surface area contributed by atoms with E-state index in [1.54, 1.807) is 6.08 Å². The van der Waals surface area contributed by atoms with Gasteiger partial charge in [-0.25, -0.2) is 0 Å². The molecule has 0 fully saturated rings. The summed E-state index contributed by atoms with van der Waals surface area (Å²) in [7, 11) is 0. The van der Waals surface area contributed by atoms with Crippen molar-refractivity contribution in [2.75, 3.05) is 0 Å². The zero-order valence-electron chi connectivity index (χ0n) is 7.12. The van der Waals surface area contributed by atoms with Gasteiger partial charge < -0.3 is 10.2 Å². The van der Waals surface area contributed by atoms with Crippen molar-refractivity contribution in [3.05, 3.63) is 36.3 Å². The molecule has 68 valence electrons. The van der Waals surface area contributed by atoms with Crippen LogP contribution in [0.5, 0.6) is 0 Å². The van der Waals surface area contributed by atoms with E-state index in [0.29, 0.717) is 0 Å². The maximum atomic E-state index is 5.75. The largest absolute Gasteiger partial charge is 0.465 e. The number of nitrogens with two attached hydrogens (primary N) is 1. The molecule has 12 heavy (non-hydrogen) atoms. The molecule has 0 unspecified atom stereocenters. The van der Waals surface area contributed by atoms with Crippen LogP contribution in [0.4, 0.5) is 0 Å². The van der Waals surface area contributed by atoms with E-state index < -0.39 is 0 Å². The standard InChI is InChI=1S/C9H13NO.ClH/c1-3-4-8(10)9-6-5-7(2)11-9;/h3,5-6,8H,1,4,10H2,2H3;1H/t8-;/m1./s1. The van der Waals surface area contributed by atoms with Gasteiger partial charge in [-0.05, 0) is 25.5 Å². The Morgan fingerprint density at radius 1 is 1.67 bits per heavy atom. The smallest absolute Gasteiger partial charge is 0.121 e. The minimum atomic E-state index is -0.0406. The Kier molecular flexibility index (Phi) is 4.71. The van der Waals surface area contributed by atoms with Gasteiger partial charge in [0.2, 0.25) is 0 Å². The lowest BCUT2D eigenvalue weighted by molar-refractivity contribution is 0.447. The molecule has 2 N–H and O–H groups in total. The van der Waals surface area contributed by atoms with E-state index in [0.717, 1.165) is 17.9 Å². The highest BCUT2D eigenvalue weighted by atomic mass is 35.5. The summed E-state index contributed by atoms with van der Waals surface area (Å²) in [6.07, 6.45) is 2.55. The summed E-state index contributed by atoms with van der Waals surface area (Å²) < 4.78 is 5.33. The zero-order valence-corrected chi connectivity index (χ0v) is 7.93. The topological polar surface area (TPSA) is 39.2 Å². The number of furan rings is 1. The maximum absolute atomic E-state index is 5.75. The second kappa shape index (κ2) is 5.01. The van der Waals surface area contributed by atoms with E-state index in [-0.39, 0.29) is 18.4 Å². The number of hydrogen-bond acceptors (Lipinski definition) is 2. The molecule has 0 aliphatic carbocycles. The SMILES string of the molecule is C=CC[C@@H](N)c1ccc(C)o1.Cl. The molecule has 0 aliphatic rings. The predicted octanol–water partition coefficient (Wildman–Crippen LogP) is 2.59. The first-order valence-corrected chi connectivity index (χ1v) is 3.67. The molecule has 0 bridgehead atoms. The molecule has 0 aliphatic heterocycles. The lowest BCUT2D eigenvalue weighted by Crippen LogP contribution is -2.07. The summed E-state index contributed by atoms with van der Waals surface area (Å²) in [6.45, 7) is 5.52. The average Bonchev–Trinajstić information content (AvgIpc) is 2.36. The number of halogens is 1. The van der Waals surface area contributed by atoms with Crippen molar-refractivity contribution in [3.63, 3.8) is 0 Å². The van der Waals surface area contributed by atoms with Gasteiger partial charge in [0.25, 0.3) is 0 Å². The first-order chi connectivity index (χ1) is 5.24. The lowest BCUT2D eigenvalue weighted by Gasteiger charge is -2.03. The fraction of sp³-hybridized carbons (Fsp3) is 0.333. The molecule has 0 amide bonds. The molecule has 2 nitrogen and oxygen atoms in total. The van der Waals surface area contributed by atoms with E-state index in [4.69, 9.17) is 10.2 Å². The summed E-state index contributed by atoms with van der Waals surface area (Å²) in [5.41, 5.74) is 5.75. The molecule has 3 heteroatoms. The molecule has 0 saturated carbocycles. The third-order valence-electron chi connectivity index (χ3n) is 1.55. The molecular weight excluding hydrogens is 174 g/mol. The molecular formula is C9H14ClNO. The van der Waals surface area contributed by atoms with Gasteiger partial charge in [0, 0.05) is 0 Å². The van der Waals surface area contributed by atoms with E-state index in [1.807, 2.05) is 19.1 Å². The highest BCUT2D eigenvalue weighted by Gasteiger charge is 2.06. The van der Waals surface area contributed by atoms with Crippen molar-refractivity contribution >= 4 is 12.4 Å². The predicted molar refractivity (Wildman–Crippen MR) is 52.4 cm³/mol. The van der Waals surface area contributed by atoms with E-state index in [9.17, 15) is 0 Å². The number of rotatable bonds is 3. The Morgan fingerprint density at radius 2 is 2.33 bits per heavy atom. The van der Waals surface area contributed by atoms with E-state index >= 15 is 0 Å². The van der Waals surface area contributed by atoms with Gasteiger partial charge in [-0.3, -0.25) is 0 Å². The minimum Gasteiger partial charge on any atom is -0.465 e. The Balaban J connectivity index is 0.00000121. The lowest BCUT2D eigenvalue weighted by atomic mass is 10.2. The zero-order chi connectivity index (χ0) is 8.27. The van der Waals surface area contributed by atoms with Gasteiger partial charge in [0.15, 0.2) is 0 Å². The van der Waals surface area contributed by atoms with Crippen molar-refractivity contribution in [2.24, 2.45) is 5.73 Å². The van der Waals surface area contributed by atoms with Gasteiger partial charge in [-0.15, -0.1) is 19.0 Å². The van der Waals surface area contributed by atoms with Crippen LogP contribution in [-0.2, 0) is 0 Å². The van der Waals surface area contributed by atoms with E-state index in [1.165, 1.54) is 0 Å². The second-order valence-corrected chi connectivity index (χ2v) is 2.58. The third kappa shape index (κ3) is 2.72. The van der Waals surface area contributed by atoms with Crippen LogP contribution in [0.15, 0.2) is 29.2 Å². The fourth-order valence-corrected chi connectivity index (χ4v) is 0.948. The monoisotopic (exact) mass is 187 g/mol. The van der Waals surface area contributed by atoms with Crippen LogP contribution in [0.1, 0.15) is 24.0 Å². The first-order valence-electron chi connectivity index (χ1n) is 3.67. The fourth-order valence-electron chi connectivity index (χ4n) is 0.948. The van der Waals surface area contributed by atoms with Crippen LogP contribution >= 0.6 is 12.4 Å². The summed E-state index contributed by atoms with van der Waals surface area (Å²) in [5, 5.41) is 0. The van der Waals surface area contributed by atoms with E-state index in [2.05, 4.69) is 6.58 Å². The van der Waals surface area contributed by atoms with Crippen molar-refractivity contribution in [1.29, 1.82) is 0 Å². The van der Waals surface area contributed by atoms with Crippen LogP contribution in [0.3, 0.4) is 0 Å². The Labute approximate surface area is 78.9 Å². The highest BCUT2D eigenvalue weighted by Crippen LogP contribution is 2.16. The third-order valence-corrected chi connectivity index (χ3v) is 1.55. The summed E-state index contributed by atoms with van der Waals surface area (Å²) >= 11 is 0. The quantitative estimate of drug-likeness (QED) is 0.739. The van der Waals surface area contributed by atoms with Crippen LogP contribution in [0.25, 0.3) is 0 Å². The Bertz CT molecular complexity index is 244. The maximum Gasteiger partial charge on any atom is 0.121 e. The first kappa shape index (κ1) is 11.3. The van der Waals surface area contributed by atoms with Crippen molar-refractivity contribution in [2.45, 2.75) is 19.4 Å². The van der Waals surface area contributed by atoms with Gasteiger partial charge in [0.1, 0.15) is 11.5 Å². The molecule has 1 heterocycles. The molecule has 0 radical (unpaired) electrons. The molecule has 0 spiro atoms. The van der Waals surface area contributed by atoms with Crippen molar-refractivity contribution < 1.29 is 4.42 Å². The molecule has 1 aromatic rings. The minimum absolute atomic E-state index is 0. The summed E-state index contributed by atoms with van der Waals surface area (Å²) in [5.74, 6) is 1.74. The average molecular weight is 188 g/mol. The van der Waals surface area contributed by atoms with Gasteiger partial charge in [0.05, 0.1) is 6.04 Å². The van der Waals surface area contributed by atoms with Crippen molar-refractivity contribution in [1.82, 2.24) is 0 Å². The summed E-state index contributed by atoms with van der Waals surface area (Å²) in [4.78, 5) is 0. The number of hydrogen-bond donors (Lipinski definition) is 1. The second-order valence-electron chi connectivity index (χ2n) is 2.58. The summed E-state index contributed by atoms with van der Waals surface area (Å²) in [6, 6.07) is 3.78. The molecule has 1 rings (SSSR count). The highest BCUT2D eigenvalue weighted by molar-refractivity contribution is 5.85. The van der Waals surface area contributed by atoms with Crippen LogP contribution in [0.2, 0.25) is 0 Å². The normalized spacial score (nSPS) is 11.8. The number of aryl methyl sites for hydroxylation is 1. The van der Waals surface area contributed by atoms with Crippen LogP contribution < -0.4 is 5.73 Å². The van der Waals surface area contributed by atoms with Crippen LogP contribution in [0, 0.1) is 6.92 Å². The molecule has 0 aromatic carbocycles.